The molecule has 1 N–H and O–H groups in total. The molecule has 7 nitrogen and oxygen atoms in total. The van der Waals surface area contributed by atoms with Gasteiger partial charge < -0.3 is 24.4 Å². The average molecular weight is 346 g/mol. The molecule has 0 unspecified atom stereocenters. The van der Waals surface area contributed by atoms with Crippen molar-refractivity contribution in [3.63, 3.8) is 0 Å². The van der Waals surface area contributed by atoms with Crippen LogP contribution >= 0.6 is 0 Å². The highest BCUT2D eigenvalue weighted by Crippen LogP contribution is 2.01. The second-order valence-electron chi connectivity index (χ2n) is 6.36. The van der Waals surface area contributed by atoms with E-state index in [1.54, 1.807) is 11.9 Å². The van der Waals surface area contributed by atoms with E-state index >= 15 is 0 Å². The van der Waals surface area contributed by atoms with Crippen LogP contribution in [0.4, 0.5) is 0 Å². The lowest BCUT2D eigenvalue weighted by Gasteiger charge is -2.17. The van der Waals surface area contributed by atoms with Crippen molar-refractivity contribution in [3.05, 3.63) is 0 Å². The highest BCUT2D eigenvalue weighted by Gasteiger charge is 2.12. The standard InChI is InChI=1S/C17H34N2O5/c1-14(2)12-17(21)24-13-16(20)19(5)8-6-18-7-9-22-10-11-23-15(3)4/h14-15,18H,6-13H2,1-5H3. The molecule has 0 spiro atoms. The Bertz CT molecular complexity index is 348. The Morgan fingerprint density at radius 2 is 1.75 bits per heavy atom. The van der Waals surface area contributed by atoms with E-state index in [1.807, 2.05) is 27.7 Å². The summed E-state index contributed by atoms with van der Waals surface area (Å²) in [5.41, 5.74) is 0. The molecule has 0 aliphatic rings. The van der Waals surface area contributed by atoms with Gasteiger partial charge in [0.05, 0.1) is 25.9 Å². The van der Waals surface area contributed by atoms with E-state index in [1.165, 1.54) is 0 Å². The summed E-state index contributed by atoms with van der Waals surface area (Å²) in [4.78, 5) is 24.8. The van der Waals surface area contributed by atoms with Gasteiger partial charge in [0, 0.05) is 33.1 Å². The van der Waals surface area contributed by atoms with Crippen LogP contribution in [-0.2, 0) is 23.8 Å². The van der Waals surface area contributed by atoms with Crippen LogP contribution in [0.5, 0.6) is 0 Å². The molecule has 0 saturated carbocycles. The van der Waals surface area contributed by atoms with Crippen LogP contribution < -0.4 is 5.32 Å². The van der Waals surface area contributed by atoms with Gasteiger partial charge in [-0.3, -0.25) is 9.59 Å². The maximum absolute atomic E-state index is 11.8. The first-order valence-electron chi connectivity index (χ1n) is 8.62. The molecule has 0 fully saturated rings. The molecular formula is C17H34N2O5. The molecule has 0 aromatic heterocycles. The highest BCUT2D eigenvalue weighted by atomic mass is 16.5. The number of esters is 1. The average Bonchev–Trinajstić information content (AvgIpc) is 2.49. The number of rotatable bonds is 14. The Morgan fingerprint density at radius 3 is 2.38 bits per heavy atom. The summed E-state index contributed by atoms with van der Waals surface area (Å²) in [6.45, 7) is 11.4. The summed E-state index contributed by atoms with van der Waals surface area (Å²) in [5.74, 6) is -0.298. The van der Waals surface area contributed by atoms with Gasteiger partial charge in [-0.25, -0.2) is 0 Å². The van der Waals surface area contributed by atoms with Crippen LogP contribution in [-0.4, -0.2) is 76.0 Å². The Kier molecular flexibility index (Phi) is 13.5. The first kappa shape index (κ1) is 22.8. The summed E-state index contributed by atoms with van der Waals surface area (Å²) in [5, 5.41) is 3.19. The molecule has 0 aliphatic heterocycles. The predicted molar refractivity (Wildman–Crippen MR) is 92.8 cm³/mol. The lowest BCUT2D eigenvalue weighted by Crippen LogP contribution is -2.37. The third-order valence-corrected chi connectivity index (χ3v) is 3.08. The van der Waals surface area contributed by atoms with Crippen molar-refractivity contribution in [1.82, 2.24) is 10.2 Å². The van der Waals surface area contributed by atoms with E-state index in [0.29, 0.717) is 45.9 Å². The molecule has 1 amide bonds. The van der Waals surface area contributed by atoms with Crippen molar-refractivity contribution < 1.29 is 23.8 Å². The first-order chi connectivity index (χ1) is 11.3. The third kappa shape index (κ3) is 14.4. The van der Waals surface area contributed by atoms with Gasteiger partial charge in [-0.15, -0.1) is 0 Å². The van der Waals surface area contributed by atoms with Crippen LogP contribution in [0.25, 0.3) is 0 Å². The fourth-order valence-corrected chi connectivity index (χ4v) is 1.73. The third-order valence-electron chi connectivity index (χ3n) is 3.08. The minimum absolute atomic E-state index is 0.193. The maximum atomic E-state index is 11.8. The number of amides is 1. The number of hydrogen-bond donors (Lipinski definition) is 1. The van der Waals surface area contributed by atoms with E-state index in [-0.39, 0.29) is 30.5 Å². The summed E-state index contributed by atoms with van der Waals surface area (Å²) < 4.78 is 15.7. The van der Waals surface area contributed by atoms with Crippen molar-refractivity contribution in [2.24, 2.45) is 5.92 Å². The summed E-state index contributed by atoms with van der Waals surface area (Å²) >= 11 is 0. The molecule has 0 aromatic rings. The number of nitrogens with zero attached hydrogens (tertiary/aromatic N) is 1. The second-order valence-corrected chi connectivity index (χ2v) is 6.36. The quantitative estimate of drug-likeness (QED) is 0.374. The van der Waals surface area contributed by atoms with Crippen LogP contribution in [0.2, 0.25) is 0 Å². The summed E-state index contributed by atoms with van der Waals surface area (Å²) in [7, 11) is 1.69. The zero-order valence-corrected chi connectivity index (χ0v) is 15.8. The van der Waals surface area contributed by atoms with Crippen molar-refractivity contribution >= 4 is 11.9 Å². The van der Waals surface area contributed by atoms with Gasteiger partial charge in [0.25, 0.3) is 5.91 Å². The summed E-state index contributed by atoms with van der Waals surface area (Å²) in [6.07, 6.45) is 0.560. The summed E-state index contributed by atoms with van der Waals surface area (Å²) in [6, 6.07) is 0. The van der Waals surface area contributed by atoms with Crippen molar-refractivity contribution in [2.45, 2.75) is 40.2 Å². The Morgan fingerprint density at radius 1 is 1.04 bits per heavy atom. The van der Waals surface area contributed by atoms with Crippen molar-refractivity contribution in [2.75, 3.05) is 53.1 Å². The Hall–Kier alpha value is -1.18. The number of nitrogens with one attached hydrogen (secondary N) is 1. The first-order valence-corrected chi connectivity index (χ1v) is 8.62. The molecule has 0 saturated heterocycles. The predicted octanol–water partition coefficient (Wildman–Crippen LogP) is 1.07. The zero-order valence-electron chi connectivity index (χ0n) is 15.8. The lowest BCUT2D eigenvalue weighted by atomic mass is 10.1. The fraction of sp³-hybridized carbons (Fsp3) is 0.882. The van der Waals surface area contributed by atoms with Crippen molar-refractivity contribution in [1.29, 1.82) is 0 Å². The molecule has 0 rings (SSSR count). The van der Waals surface area contributed by atoms with Gasteiger partial charge in [-0.2, -0.15) is 0 Å². The van der Waals surface area contributed by atoms with E-state index in [0.717, 1.165) is 0 Å². The Labute approximate surface area is 146 Å². The molecule has 7 heteroatoms. The van der Waals surface area contributed by atoms with Crippen LogP contribution in [0.1, 0.15) is 34.1 Å². The van der Waals surface area contributed by atoms with Gasteiger partial charge in [0.2, 0.25) is 0 Å². The molecule has 0 bridgehead atoms. The van der Waals surface area contributed by atoms with Crippen LogP contribution in [0, 0.1) is 5.92 Å². The molecule has 0 atom stereocenters. The number of carbonyl (C=O) groups excluding carboxylic acids is 2. The van der Waals surface area contributed by atoms with Gasteiger partial charge in [0.1, 0.15) is 0 Å². The lowest BCUT2D eigenvalue weighted by molar-refractivity contribution is -0.152. The second kappa shape index (κ2) is 14.2. The van der Waals surface area contributed by atoms with Gasteiger partial charge in [-0.1, -0.05) is 13.8 Å². The van der Waals surface area contributed by atoms with E-state index in [2.05, 4.69) is 5.32 Å². The molecule has 0 heterocycles. The minimum atomic E-state index is -0.330. The highest BCUT2D eigenvalue weighted by molar-refractivity contribution is 5.80. The maximum Gasteiger partial charge on any atom is 0.306 e. The molecule has 142 valence electrons. The number of ether oxygens (including phenoxy) is 3. The van der Waals surface area contributed by atoms with E-state index < -0.39 is 0 Å². The van der Waals surface area contributed by atoms with E-state index in [4.69, 9.17) is 14.2 Å². The van der Waals surface area contributed by atoms with E-state index in [9.17, 15) is 9.59 Å². The molecule has 24 heavy (non-hydrogen) atoms. The fourth-order valence-electron chi connectivity index (χ4n) is 1.73. The van der Waals surface area contributed by atoms with Crippen molar-refractivity contribution in [3.8, 4) is 0 Å². The Balaban J connectivity index is 3.52. The van der Waals surface area contributed by atoms with Crippen LogP contribution in [0.15, 0.2) is 0 Å². The zero-order chi connectivity index (χ0) is 18.4. The molecule has 0 radical (unpaired) electrons. The minimum Gasteiger partial charge on any atom is -0.456 e. The SMILES string of the molecule is CC(C)CC(=O)OCC(=O)N(C)CCNCCOCCOC(C)C. The molecule has 0 aliphatic carbocycles. The monoisotopic (exact) mass is 346 g/mol. The topological polar surface area (TPSA) is 77.1 Å². The van der Waals surface area contributed by atoms with Gasteiger partial charge in [-0.05, 0) is 19.8 Å². The normalized spacial score (nSPS) is 11.1. The van der Waals surface area contributed by atoms with Crippen LogP contribution in [0.3, 0.4) is 0 Å². The number of carbonyl (C=O) groups is 2. The molecule has 0 aromatic carbocycles. The molecular weight excluding hydrogens is 312 g/mol. The smallest absolute Gasteiger partial charge is 0.306 e. The van der Waals surface area contributed by atoms with Gasteiger partial charge in [0.15, 0.2) is 6.61 Å². The number of likely N-dealkylation sites (N-methyl/N-ethyl adjacent to an activating group) is 1. The largest absolute Gasteiger partial charge is 0.456 e. The van der Waals surface area contributed by atoms with Gasteiger partial charge >= 0.3 is 5.97 Å². The number of hydrogen-bond acceptors (Lipinski definition) is 6.